The number of sulfonamides is 1. The fraction of sp³-hybridized carbons (Fsp3) is 0.208. The van der Waals surface area contributed by atoms with Gasteiger partial charge in [-0.2, -0.15) is 0 Å². The normalized spacial score (nSPS) is 11.1. The minimum absolute atomic E-state index is 0.0272. The van der Waals surface area contributed by atoms with Crippen LogP contribution >= 0.6 is 0 Å². The molecule has 0 spiro atoms. The minimum Gasteiger partial charge on any atom is -0.496 e. The highest BCUT2D eigenvalue weighted by atomic mass is 32.2. The Morgan fingerprint density at radius 3 is 2.46 bits per heavy atom. The van der Waals surface area contributed by atoms with Gasteiger partial charge in [-0.3, -0.25) is 10.0 Å². The molecule has 12 nitrogen and oxygen atoms in total. The second-order valence-electron chi connectivity index (χ2n) is 7.58. The Kier molecular flexibility index (Phi) is 7.34. The molecule has 0 aliphatic heterocycles. The van der Waals surface area contributed by atoms with Crippen molar-refractivity contribution < 1.29 is 36.7 Å². The van der Waals surface area contributed by atoms with Gasteiger partial charge in [0.25, 0.3) is 10.0 Å². The van der Waals surface area contributed by atoms with Gasteiger partial charge in [-0.15, -0.1) is 0 Å². The molecule has 0 atom stereocenters. The van der Waals surface area contributed by atoms with E-state index in [0.29, 0.717) is 23.2 Å². The molecule has 1 amide bonds. The molecule has 13 heteroatoms. The molecular formula is C24H24N4O8S. The van der Waals surface area contributed by atoms with Crippen LogP contribution in [0.25, 0.3) is 11.0 Å². The quantitative estimate of drug-likeness (QED) is 0.316. The summed E-state index contributed by atoms with van der Waals surface area (Å²) in [4.78, 5) is 15.4. The van der Waals surface area contributed by atoms with Gasteiger partial charge in [0.2, 0.25) is 5.88 Å². The lowest BCUT2D eigenvalue weighted by molar-refractivity contribution is 0.187. The zero-order valence-corrected chi connectivity index (χ0v) is 21.2. The van der Waals surface area contributed by atoms with E-state index in [1.807, 2.05) is 6.92 Å². The average molecular weight is 529 g/mol. The number of aromatic nitrogens is 2. The van der Waals surface area contributed by atoms with Crippen molar-refractivity contribution in [1.29, 1.82) is 0 Å². The number of carbonyl (C=O) groups excluding carboxylic acids is 1. The van der Waals surface area contributed by atoms with E-state index in [2.05, 4.69) is 24.9 Å². The van der Waals surface area contributed by atoms with Gasteiger partial charge >= 0.3 is 6.09 Å². The maximum absolute atomic E-state index is 13.2. The standard InChI is InChI=1S/C24H24N4O8S/c1-5-14-6-8-17(32-2)20(10-14)37(30,31)28-23-22-18(33-3)11-16(12-19(22)36-27-23)35-21-9-7-15(13-25-21)26-24(29)34-4/h6-13H,5H2,1-4H3,(H,26,29)(H,27,28). The third-order valence-corrected chi connectivity index (χ3v) is 6.64. The van der Waals surface area contributed by atoms with E-state index < -0.39 is 16.1 Å². The molecule has 0 saturated carbocycles. The smallest absolute Gasteiger partial charge is 0.411 e. The summed E-state index contributed by atoms with van der Waals surface area (Å²) in [5, 5.41) is 6.68. The highest BCUT2D eigenvalue weighted by Crippen LogP contribution is 2.38. The lowest BCUT2D eigenvalue weighted by atomic mass is 10.2. The third kappa shape index (κ3) is 5.51. The van der Waals surface area contributed by atoms with E-state index >= 15 is 0 Å². The first kappa shape index (κ1) is 25.6. The van der Waals surface area contributed by atoms with E-state index in [4.69, 9.17) is 18.7 Å². The lowest BCUT2D eigenvalue weighted by Gasteiger charge is -2.12. The van der Waals surface area contributed by atoms with Gasteiger partial charge in [-0.1, -0.05) is 18.1 Å². The monoisotopic (exact) mass is 528 g/mol. The zero-order chi connectivity index (χ0) is 26.6. The Bertz CT molecular complexity index is 1530. The van der Waals surface area contributed by atoms with Gasteiger partial charge < -0.3 is 23.5 Å². The number of fused-ring (bicyclic) bond motifs is 1. The van der Waals surface area contributed by atoms with Gasteiger partial charge in [0.05, 0.1) is 33.2 Å². The predicted octanol–water partition coefficient (Wildman–Crippen LogP) is 4.57. The maximum atomic E-state index is 13.2. The molecule has 37 heavy (non-hydrogen) atoms. The molecule has 4 rings (SSSR count). The Morgan fingerprint density at radius 2 is 1.81 bits per heavy atom. The highest BCUT2D eigenvalue weighted by molar-refractivity contribution is 7.92. The van der Waals surface area contributed by atoms with Crippen molar-refractivity contribution in [2.24, 2.45) is 0 Å². The lowest BCUT2D eigenvalue weighted by Crippen LogP contribution is -2.15. The summed E-state index contributed by atoms with van der Waals surface area (Å²) in [6, 6.07) is 11.1. The van der Waals surface area contributed by atoms with Crippen LogP contribution < -0.4 is 24.2 Å². The number of hydrogen-bond acceptors (Lipinski definition) is 10. The number of amides is 1. The predicted molar refractivity (Wildman–Crippen MR) is 134 cm³/mol. The first-order valence-corrected chi connectivity index (χ1v) is 12.4. The van der Waals surface area contributed by atoms with E-state index in [1.54, 1.807) is 30.3 Å². The van der Waals surface area contributed by atoms with E-state index in [0.717, 1.165) is 5.56 Å². The summed E-state index contributed by atoms with van der Waals surface area (Å²) in [6.07, 6.45) is 1.42. The second-order valence-corrected chi connectivity index (χ2v) is 9.23. The molecule has 0 fully saturated rings. The van der Waals surface area contributed by atoms with Gasteiger partial charge in [0.1, 0.15) is 27.5 Å². The van der Waals surface area contributed by atoms with Crippen molar-refractivity contribution in [1.82, 2.24) is 10.1 Å². The molecule has 0 bridgehead atoms. The number of nitrogens with one attached hydrogen (secondary N) is 2. The van der Waals surface area contributed by atoms with E-state index in [1.165, 1.54) is 39.7 Å². The Morgan fingerprint density at radius 1 is 1.03 bits per heavy atom. The maximum Gasteiger partial charge on any atom is 0.411 e. The Hall–Kier alpha value is -4.52. The fourth-order valence-electron chi connectivity index (χ4n) is 3.44. The molecule has 0 unspecified atom stereocenters. The van der Waals surface area contributed by atoms with E-state index in [-0.39, 0.29) is 33.7 Å². The molecule has 0 saturated heterocycles. The third-order valence-electron chi connectivity index (χ3n) is 5.28. The number of pyridine rings is 1. The number of benzene rings is 2. The molecule has 0 aliphatic carbocycles. The number of aryl methyl sites for hydroxylation is 1. The Balaban J connectivity index is 1.63. The van der Waals surface area contributed by atoms with Crippen LogP contribution in [-0.4, -0.2) is 46.0 Å². The summed E-state index contributed by atoms with van der Waals surface area (Å²) in [5.74, 6) is 0.914. The molecule has 0 aliphatic rings. The summed E-state index contributed by atoms with van der Waals surface area (Å²) < 4.78 is 55.3. The number of rotatable bonds is 9. The largest absolute Gasteiger partial charge is 0.496 e. The average Bonchev–Trinajstić information content (AvgIpc) is 3.30. The zero-order valence-electron chi connectivity index (χ0n) is 20.4. The molecule has 2 heterocycles. The number of nitrogens with zero attached hydrogens (tertiary/aromatic N) is 2. The first-order valence-electron chi connectivity index (χ1n) is 10.9. The molecule has 2 aromatic carbocycles. The van der Waals surface area contributed by atoms with E-state index in [9.17, 15) is 13.2 Å². The molecule has 4 aromatic rings. The summed E-state index contributed by atoms with van der Waals surface area (Å²) in [7, 11) is -0.0107. The van der Waals surface area contributed by atoms with Crippen LogP contribution in [0, 0.1) is 0 Å². The summed E-state index contributed by atoms with van der Waals surface area (Å²) in [5.41, 5.74) is 1.46. The SMILES string of the molecule is CCc1ccc(OC)c(S(=O)(=O)Nc2noc3cc(Oc4ccc(NC(=O)OC)cn4)cc(OC)c23)c1. The highest BCUT2D eigenvalue weighted by Gasteiger charge is 2.25. The number of ether oxygens (including phenoxy) is 4. The number of hydrogen-bond donors (Lipinski definition) is 2. The van der Waals surface area contributed by atoms with Crippen molar-refractivity contribution in [2.75, 3.05) is 31.4 Å². The van der Waals surface area contributed by atoms with Crippen LogP contribution in [0.2, 0.25) is 0 Å². The van der Waals surface area contributed by atoms with Crippen LogP contribution in [0.5, 0.6) is 23.1 Å². The summed E-state index contributed by atoms with van der Waals surface area (Å²) in [6.45, 7) is 1.92. The van der Waals surface area contributed by atoms with Gasteiger partial charge in [-0.05, 0) is 30.2 Å². The van der Waals surface area contributed by atoms with Crippen LogP contribution in [0.3, 0.4) is 0 Å². The number of anilines is 2. The van der Waals surface area contributed by atoms with Gasteiger partial charge in [0, 0.05) is 18.2 Å². The molecule has 2 N–H and O–H groups in total. The Labute approximate surface area is 212 Å². The van der Waals surface area contributed by atoms with Crippen molar-refractivity contribution in [3.63, 3.8) is 0 Å². The molecule has 0 radical (unpaired) electrons. The second kappa shape index (κ2) is 10.6. The number of carbonyl (C=O) groups is 1. The van der Waals surface area contributed by atoms with Crippen molar-refractivity contribution in [3.8, 4) is 23.1 Å². The van der Waals surface area contributed by atoms with Crippen molar-refractivity contribution in [3.05, 3.63) is 54.2 Å². The molecular weight excluding hydrogens is 504 g/mol. The van der Waals surface area contributed by atoms with Crippen LogP contribution in [0.1, 0.15) is 12.5 Å². The molecule has 194 valence electrons. The van der Waals surface area contributed by atoms with Gasteiger partial charge in [-0.25, -0.2) is 18.2 Å². The summed E-state index contributed by atoms with van der Waals surface area (Å²) >= 11 is 0. The van der Waals surface area contributed by atoms with Gasteiger partial charge in [0.15, 0.2) is 11.4 Å². The minimum atomic E-state index is -4.08. The molecule has 2 aromatic heterocycles. The van der Waals surface area contributed by atoms with Crippen molar-refractivity contribution >= 4 is 38.6 Å². The van der Waals surface area contributed by atoms with Crippen LogP contribution in [0.4, 0.5) is 16.3 Å². The first-order chi connectivity index (χ1) is 17.8. The van der Waals surface area contributed by atoms with Crippen LogP contribution in [0.15, 0.2) is 58.1 Å². The topological polar surface area (TPSA) is 151 Å². The van der Waals surface area contributed by atoms with Crippen molar-refractivity contribution in [2.45, 2.75) is 18.2 Å². The van der Waals surface area contributed by atoms with Crippen LogP contribution in [-0.2, 0) is 21.2 Å². The number of methoxy groups -OCH3 is 3. The fourth-order valence-corrected chi connectivity index (χ4v) is 4.67.